The van der Waals surface area contributed by atoms with Gasteiger partial charge in [0, 0.05) is 6.04 Å². The van der Waals surface area contributed by atoms with Gasteiger partial charge in [-0.2, -0.15) is 0 Å². The van der Waals surface area contributed by atoms with E-state index >= 15 is 0 Å². The number of hydrogen-bond acceptors (Lipinski definition) is 2. The second-order valence-electron chi connectivity index (χ2n) is 3.50. The van der Waals surface area contributed by atoms with Gasteiger partial charge in [-0.1, -0.05) is 19.8 Å². The molecule has 0 aliphatic heterocycles. The van der Waals surface area contributed by atoms with Crippen molar-refractivity contribution >= 4 is 0 Å². The van der Waals surface area contributed by atoms with Gasteiger partial charge in [0.15, 0.2) is 0 Å². The van der Waals surface area contributed by atoms with E-state index in [1.54, 1.807) is 0 Å². The third-order valence-corrected chi connectivity index (χ3v) is 2.37. The summed E-state index contributed by atoms with van der Waals surface area (Å²) >= 11 is 0. The zero-order chi connectivity index (χ0) is 7.56. The maximum atomic E-state index is 9.35. The van der Waals surface area contributed by atoms with Gasteiger partial charge in [0.25, 0.3) is 0 Å². The SMILES string of the molecule is CC1CCCC(O)C(N)C1. The quantitative estimate of drug-likeness (QED) is 0.494. The Labute approximate surface area is 62.4 Å². The molecule has 2 heteroatoms. The first-order valence-electron chi connectivity index (χ1n) is 4.14. The van der Waals surface area contributed by atoms with Crippen molar-refractivity contribution in [3.05, 3.63) is 0 Å². The highest BCUT2D eigenvalue weighted by molar-refractivity contribution is 4.77. The Bertz CT molecular complexity index is 105. The summed E-state index contributed by atoms with van der Waals surface area (Å²) in [6.07, 6.45) is 4.00. The lowest BCUT2D eigenvalue weighted by Gasteiger charge is -2.16. The molecule has 0 aromatic carbocycles. The van der Waals surface area contributed by atoms with Crippen LogP contribution in [0.25, 0.3) is 0 Å². The van der Waals surface area contributed by atoms with E-state index in [0.29, 0.717) is 5.92 Å². The van der Waals surface area contributed by atoms with Crippen molar-refractivity contribution < 1.29 is 5.11 Å². The third kappa shape index (κ3) is 1.96. The summed E-state index contributed by atoms with van der Waals surface area (Å²) in [4.78, 5) is 0. The molecule has 1 fully saturated rings. The Morgan fingerprint density at radius 3 is 2.80 bits per heavy atom. The van der Waals surface area contributed by atoms with Crippen LogP contribution in [-0.4, -0.2) is 17.3 Å². The number of hydrogen-bond donors (Lipinski definition) is 2. The Hall–Kier alpha value is -0.0800. The standard InChI is InChI=1S/C8H17NO/c1-6-3-2-4-8(10)7(9)5-6/h6-8,10H,2-5,9H2,1H3. The predicted molar refractivity (Wildman–Crippen MR) is 41.6 cm³/mol. The van der Waals surface area contributed by atoms with Gasteiger partial charge in [0.05, 0.1) is 6.10 Å². The average Bonchev–Trinajstić information content (AvgIpc) is 1.96. The zero-order valence-corrected chi connectivity index (χ0v) is 6.59. The van der Waals surface area contributed by atoms with Crippen LogP contribution in [0.4, 0.5) is 0 Å². The van der Waals surface area contributed by atoms with Crippen molar-refractivity contribution in [2.45, 2.75) is 44.8 Å². The summed E-state index contributed by atoms with van der Waals surface area (Å²) in [5.74, 6) is 0.701. The van der Waals surface area contributed by atoms with Crippen LogP contribution in [-0.2, 0) is 0 Å². The summed E-state index contributed by atoms with van der Waals surface area (Å²) in [6, 6.07) is 0.0255. The van der Waals surface area contributed by atoms with Gasteiger partial charge in [-0.25, -0.2) is 0 Å². The van der Waals surface area contributed by atoms with Gasteiger partial charge in [-0.3, -0.25) is 0 Å². The van der Waals surface area contributed by atoms with Gasteiger partial charge in [0.1, 0.15) is 0 Å². The van der Waals surface area contributed by atoms with E-state index in [1.807, 2.05) is 0 Å². The Kier molecular flexibility index (Phi) is 2.69. The smallest absolute Gasteiger partial charge is 0.0691 e. The molecule has 0 heterocycles. The third-order valence-electron chi connectivity index (χ3n) is 2.37. The monoisotopic (exact) mass is 143 g/mol. The van der Waals surface area contributed by atoms with Crippen LogP contribution in [0.2, 0.25) is 0 Å². The second-order valence-corrected chi connectivity index (χ2v) is 3.50. The van der Waals surface area contributed by atoms with Crippen molar-refractivity contribution in [3.8, 4) is 0 Å². The molecular weight excluding hydrogens is 126 g/mol. The first-order valence-corrected chi connectivity index (χ1v) is 4.14. The minimum absolute atomic E-state index is 0.0255. The molecule has 10 heavy (non-hydrogen) atoms. The molecular formula is C8H17NO. The van der Waals surface area contributed by atoms with Crippen LogP contribution in [0.1, 0.15) is 32.6 Å². The predicted octanol–water partition coefficient (Wildman–Crippen LogP) is 0.885. The van der Waals surface area contributed by atoms with Crippen LogP contribution in [0.15, 0.2) is 0 Å². The lowest BCUT2D eigenvalue weighted by molar-refractivity contribution is 0.135. The van der Waals surface area contributed by atoms with Crippen LogP contribution < -0.4 is 5.73 Å². The largest absolute Gasteiger partial charge is 0.392 e. The maximum Gasteiger partial charge on any atom is 0.0691 e. The van der Waals surface area contributed by atoms with Gasteiger partial charge in [-0.05, 0) is 18.8 Å². The zero-order valence-electron chi connectivity index (χ0n) is 6.59. The molecule has 3 atom stereocenters. The van der Waals surface area contributed by atoms with E-state index in [0.717, 1.165) is 19.3 Å². The maximum absolute atomic E-state index is 9.35. The minimum atomic E-state index is -0.245. The molecule has 0 saturated heterocycles. The molecule has 2 nitrogen and oxygen atoms in total. The molecule has 1 rings (SSSR count). The molecule has 1 aliphatic rings. The summed E-state index contributed by atoms with van der Waals surface area (Å²) in [7, 11) is 0. The van der Waals surface area contributed by atoms with E-state index in [-0.39, 0.29) is 12.1 Å². The molecule has 1 aliphatic carbocycles. The number of aliphatic hydroxyl groups excluding tert-OH is 1. The summed E-state index contributed by atoms with van der Waals surface area (Å²) in [5, 5.41) is 9.35. The van der Waals surface area contributed by atoms with Gasteiger partial charge < -0.3 is 10.8 Å². The molecule has 0 spiro atoms. The summed E-state index contributed by atoms with van der Waals surface area (Å²) in [6.45, 7) is 2.21. The highest BCUT2D eigenvalue weighted by Crippen LogP contribution is 2.21. The van der Waals surface area contributed by atoms with Crippen molar-refractivity contribution in [3.63, 3.8) is 0 Å². The van der Waals surface area contributed by atoms with Crippen molar-refractivity contribution in [1.82, 2.24) is 0 Å². The molecule has 3 N–H and O–H groups in total. The van der Waals surface area contributed by atoms with Gasteiger partial charge >= 0.3 is 0 Å². The Balaban J connectivity index is 2.41. The van der Waals surface area contributed by atoms with Crippen molar-refractivity contribution in [2.24, 2.45) is 11.7 Å². The molecule has 0 bridgehead atoms. The number of nitrogens with two attached hydrogens (primary N) is 1. The fraction of sp³-hybridized carbons (Fsp3) is 1.00. The molecule has 1 saturated carbocycles. The van der Waals surface area contributed by atoms with Crippen molar-refractivity contribution in [2.75, 3.05) is 0 Å². The fourth-order valence-corrected chi connectivity index (χ4v) is 1.63. The van der Waals surface area contributed by atoms with E-state index in [4.69, 9.17) is 5.73 Å². The first-order chi connectivity index (χ1) is 4.70. The Morgan fingerprint density at radius 2 is 2.10 bits per heavy atom. The topological polar surface area (TPSA) is 46.2 Å². The van der Waals surface area contributed by atoms with E-state index in [1.165, 1.54) is 6.42 Å². The van der Waals surface area contributed by atoms with Crippen LogP contribution in [0, 0.1) is 5.92 Å². The van der Waals surface area contributed by atoms with E-state index in [2.05, 4.69) is 6.92 Å². The average molecular weight is 143 g/mol. The van der Waals surface area contributed by atoms with Gasteiger partial charge in [0.2, 0.25) is 0 Å². The van der Waals surface area contributed by atoms with Crippen LogP contribution >= 0.6 is 0 Å². The molecule has 0 aromatic heterocycles. The molecule has 60 valence electrons. The number of rotatable bonds is 0. The van der Waals surface area contributed by atoms with Crippen LogP contribution in [0.3, 0.4) is 0 Å². The minimum Gasteiger partial charge on any atom is -0.392 e. The van der Waals surface area contributed by atoms with Crippen LogP contribution in [0.5, 0.6) is 0 Å². The fourth-order valence-electron chi connectivity index (χ4n) is 1.63. The molecule has 0 aromatic rings. The Morgan fingerprint density at radius 1 is 1.40 bits per heavy atom. The van der Waals surface area contributed by atoms with E-state index < -0.39 is 0 Å². The highest BCUT2D eigenvalue weighted by Gasteiger charge is 2.20. The summed E-state index contributed by atoms with van der Waals surface area (Å²) < 4.78 is 0. The van der Waals surface area contributed by atoms with E-state index in [9.17, 15) is 5.11 Å². The van der Waals surface area contributed by atoms with Crippen molar-refractivity contribution in [1.29, 1.82) is 0 Å². The molecule has 3 unspecified atom stereocenters. The number of aliphatic hydroxyl groups is 1. The summed E-state index contributed by atoms with van der Waals surface area (Å²) in [5.41, 5.74) is 5.72. The normalized spacial score (nSPS) is 42.9. The van der Waals surface area contributed by atoms with Gasteiger partial charge in [-0.15, -0.1) is 0 Å². The molecule has 0 amide bonds. The lowest BCUT2D eigenvalue weighted by atomic mass is 10.0. The first kappa shape index (κ1) is 8.02. The molecule has 0 radical (unpaired) electrons. The second kappa shape index (κ2) is 3.35. The highest BCUT2D eigenvalue weighted by atomic mass is 16.3. The lowest BCUT2D eigenvalue weighted by Crippen LogP contribution is -2.34.